The highest BCUT2D eigenvalue weighted by Gasteiger charge is 2.36. The van der Waals surface area contributed by atoms with Crippen molar-refractivity contribution < 1.29 is 113 Å². The van der Waals surface area contributed by atoms with Gasteiger partial charge in [-0.05, 0) is 0 Å². The first-order valence-electron chi connectivity index (χ1n) is 20.2. The van der Waals surface area contributed by atoms with Crippen LogP contribution in [0.25, 0.3) is 0 Å². The van der Waals surface area contributed by atoms with E-state index in [1.54, 1.807) is 0 Å². The van der Waals surface area contributed by atoms with Crippen molar-refractivity contribution in [2.24, 2.45) is 0 Å². The SMILES string of the molecule is C=CC(=O)OCC(O)COC(COCC(O)C[NH+](CCO)CCO)COCC(O)CC1(O)COCC(OCC(O)COC(=O)C=C)COC(C(O)C[NH+](CCO)CCO)OC1. The Labute approximate surface area is 356 Å². The number of ether oxygens (including phenoxy) is 9. The molecule has 9 atom stereocenters. The number of aliphatic hydroxyl groups is 10. The van der Waals surface area contributed by atoms with E-state index in [-0.39, 0.29) is 125 Å². The standard InChI is InChI=1S/C38H70N2O21/c1-3-35(50)58-20-30(47)18-56-32(23-54-17-29(46)14-39(5-9-41)6-10-42)22-53-16-28(45)13-38(52)26-55-24-33(57-19-31(48)21-59-36(51)4-2)25-60-37(61-27-38)34(49)15-40(7-11-43)8-12-44/h3-4,28-34,37,41-49,52H,1-2,5-27H2/p+2. The first-order valence-corrected chi connectivity index (χ1v) is 20.2. The summed E-state index contributed by atoms with van der Waals surface area (Å²) < 4.78 is 49.9. The maximum Gasteiger partial charge on any atom is 0.330 e. The number of esters is 2. The van der Waals surface area contributed by atoms with Crippen LogP contribution in [0.3, 0.4) is 0 Å². The van der Waals surface area contributed by atoms with Crippen molar-refractivity contribution in [1.29, 1.82) is 0 Å². The summed E-state index contributed by atoms with van der Waals surface area (Å²) in [6.07, 6.45) is -7.69. The van der Waals surface area contributed by atoms with Gasteiger partial charge in [-0.15, -0.1) is 0 Å². The maximum absolute atomic E-state index is 11.6. The van der Waals surface area contributed by atoms with Gasteiger partial charge in [-0.3, -0.25) is 0 Å². The highest BCUT2D eigenvalue weighted by Crippen LogP contribution is 2.20. The van der Waals surface area contributed by atoms with Crippen molar-refractivity contribution in [3.05, 3.63) is 25.3 Å². The van der Waals surface area contributed by atoms with Crippen LogP contribution in [-0.2, 0) is 52.2 Å². The molecule has 0 aromatic carbocycles. The van der Waals surface area contributed by atoms with Gasteiger partial charge in [0, 0.05) is 18.6 Å². The lowest BCUT2D eigenvalue weighted by atomic mass is 9.98. The van der Waals surface area contributed by atoms with Crippen LogP contribution in [0.15, 0.2) is 25.3 Å². The second-order valence-electron chi connectivity index (χ2n) is 14.6. The van der Waals surface area contributed by atoms with E-state index >= 15 is 0 Å². The zero-order valence-electron chi connectivity index (χ0n) is 34.9. The maximum atomic E-state index is 11.6. The van der Waals surface area contributed by atoms with Gasteiger partial charge in [0.15, 0.2) is 12.4 Å². The molecular formula is C38H72N2O21+2. The molecule has 1 fully saturated rings. The molecule has 0 aromatic heterocycles. The van der Waals surface area contributed by atoms with Crippen LogP contribution in [0.4, 0.5) is 0 Å². The summed E-state index contributed by atoms with van der Waals surface area (Å²) in [6.45, 7) is 3.53. The van der Waals surface area contributed by atoms with Crippen LogP contribution in [0, 0.1) is 0 Å². The van der Waals surface area contributed by atoms with Crippen LogP contribution in [0.1, 0.15) is 6.42 Å². The molecule has 9 unspecified atom stereocenters. The Bertz CT molecular complexity index is 1150. The Morgan fingerprint density at radius 1 is 0.656 bits per heavy atom. The fraction of sp³-hybridized carbons (Fsp3) is 0.842. The third-order valence-corrected chi connectivity index (χ3v) is 8.90. The number of carbonyl (C=O) groups is 2. The molecule has 61 heavy (non-hydrogen) atoms. The molecule has 1 aliphatic heterocycles. The van der Waals surface area contributed by atoms with E-state index in [1.807, 2.05) is 0 Å². The van der Waals surface area contributed by atoms with Crippen LogP contribution in [0.5, 0.6) is 0 Å². The van der Waals surface area contributed by atoms with Crippen LogP contribution < -0.4 is 9.80 Å². The van der Waals surface area contributed by atoms with Crippen molar-refractivity contribution in [2.75, 3.05) is 145 Å². The number of rotatable bonds is 35. The molecule has 0 aromatic rings. The smallest absolute Gasteiger partial charge is 0.330 e. The molecule has 1 rings (SSSR count). The number of quaternary nitrogens is 2. The number of hydrogen-bond donors (Lipinski definition) is 12. The number of nitrogens with one attached hydrogen (secondary N) is 2. The van der Waals surface area contributed by atoms with Gasteiger partial charge >= 0.3 is 11.9 Å². The molecule has 358 valence electrons. The van der Waals surface area contributed by atoms with Crippen LogP contribution in [0.2, 0.25) is 0 Å². The lowest BCUT2D eigenvalue weighted by Gasteiger charge is -2.35. The van der Waals surface area contributed by atoms with Crippen molar-refractivity contribution in [1.82, 2.24) is 0 Å². The largest absolute Gasteiger partial charge is 0.460 e. The van der Waals surface area contributed by atoms with Gasteiger partial charge in [-0.25, -0.2) is 9.59 Å². The minimum absolute atomic E-state index is 0.0219. The van der Waals surface area contributed by atoms with E-state index < -0.39 is 79.8 Å². The second kappa shape index (κ2) is 34.1. The summed E-state index contributed by atoms with van der Waals surface area (Å²) in [4.78, 5) is 24.2. The number of carbonyl (C=O) groups excluding carboxylic acids is 2. The Kier molecular flexibility index (Phi) is 31.7. The van der Waals surface area contributed by atoms with Crippen molar-refractivity contribution in [3.63, 3.8) is 0 Å². The molecule has 1 heterocycles. The van der Waals surface area contributed by atoms with Gasteiger partial charge < -0.3 is 103 Å². The number of aliphatic hydroxyl groups excluding tert-OH is 9. The molecule has 23 heteroatoms. The van der Waals surface area contributed by atoms with Gasteiger partial charge in [0.05, 0.1) is 98.6 Å². The third kappa shape index (κ3) is 27.5. The van der Waals surface area contributed by atoms with E-state index in [0.717, 1.165) is 17.1 Å². The molecule has 0 saturated carbocycles. The Balaban J connectivity index is 2.99. The van der Waals surface area contributed by atoms with E-state index in [1.165, 1.54) is 0 Å². The highest BCUT2D eigenvalue weighted by molar-refractivity contribution is 5.81. The van der Waals surface area contributed by atoms with E-state index in [4.69, 9.17) is 42.6 Å². The molecule has 0 aliphatic carbocycles. The number of hydrogen-bond acceptors (Lipinski definition) is 21. The molecule has 0 spiro atoms. The molecule has 1 aliphatic rings. The Morgan fingerprint density at radius 3 is 1.72 bits per heavy atom. The highest BCUT2D eigenvalue weighted by atomic mass is 16.7. The summed E-state index contributed by atoms with van der Waals surface area (Å²) in [5, 5.41) is 102. The normalized spacial score (nSPS) is 21.9. The van der Waals surface area contributed by atoms with Gasteiger partial charge in [-0.1, -0.05) is 13.2 Å². The predicted octanol–water partition coefficient (Wildman–Crippen LogP) is -8.70. The summed E-state index contributed by atoms with van der Waals surface area (Å²) in [5.74, 6) is -1.48. The Hall–Kier alpha value is -2.34. The lowest BCUT2D eigenvalue weighted by molar-refractivity contribution is -0.904. The minimum Gasteiger partial charge on any atom is -0.460 e. The van der Waals surface area contributed by atoms with Gasteiger partial charge in [0.25, 0.3) is 0 Å². The fourth-order valence-electron chi connectivity index (χ4n) is 5.85. The van der Waals surface area contributed by atoms with Crippen molar-refractivity contribution in [3.8, 4) is 0 Å². The topological polar surface area (TPSA) is 328 Å². The van der Waals surface area contributed by atoms with E-state index in [0.29, 0.717) is 18.0 Å². The third-order valence-electron chi connectivity index (χ3n) is 8.90. The molecule has 0 bridgehead atoms. The van der Waals surface area contributed by atoms with E-state index in [2.05, 4.69) is 13.2 Å². The second-order valence-corrected chi connectivity index (χ2v) is 14.6. The predicted molar refractivity (Wildman–Crippen MR) is 209 cm³/mol. The average molecular weight is 893 g/mol. The van der Waals surface area contributed by atoms with E-state index in [9.17, 15) is 60.7 Å². The van der Waals surface area contributed by atoms with Crippen molar-refractivity contribution >= 4 is 11.9 Å². The summed E-state index contributed by atoms with van der Waals surface area (Å²) in [7, 11) is 0. The molecule has 12 N–H and O–H groups in total. The Morgan fingerprint density at radius 2 is 1.18 bits per heavy atom. The average Bonchev–Trinajstić information content (AvgIpc) is 3.22. The molecular weight excluding hydrogens is 820 g/mol. The first-order chi connectivity index (χ1) is 29.2. The zero-order valence-corrected chi connectivity index (χ0v) is 34.9. The van der Waals surface area contributed by atoms with Gasteiger partial charge in [-0.2, -0.15) is 0 Å². The van der Waals surface area contributed by atoms with Gasteiger partial charge in [0.2, 0.25) is 0 Å². The fourth-order valence-corrected chi connectivity index (χ4v) is 5.85. The molecule has 23 nitrogen and oxygen atoms in total. The van der Waals surface area contributed by atoms with Crippen molar-refractivity contribution in [2.45, 2.75) is 61.0 Å². The molecule has 0 radical (unpaired) electrons. The summed E-state index contributed by atoms with van der Waals surface area (Å²) >= 11 is 0. The zero-order chi connectivity index (χ0) is 45.5. The summed E-state index contributed by atoms with van der Waals surface area (Å²) in [5.41, 5.74) is -1.89. The quantitative estimate of drug-likeness (QED) is 0.0208. The summed E-state index contributed by atoms with van der Waals surface area (Å²) in [6, 6.07) is 0. The minimum atomic E-state index is -1.89. The molecule has 1 saturated heterocycles. The lowest BCUT2D eigenvalue weighted by Crippen LogP contribution is -3.14. The van der Waals surface area contributed by atoms with Crippen LogP contribution >= 0.6 is 0 Å². The van der Waals surface area contributed by atoms with Gasteiger partial charge in [0.1, 0.15) is 88.6 Å². The monoisotopic (exact) mass is 892 g/mol. The van der Waals surface area contributed by atoms with Crippen LogP contribution in [-0.4, -0.2) is 263 Å². The first kappa shape index (κ1) is 56.7. The molecule has 0 amide bonds.